The van der Waals surface area contributed by atoms with Crippen molar-refractivity contribution >= 4 is 9.84 Å². The van der Waals surface area contributed by atoms with Gasteiger partial charge in [-0.05, 0) is 12.0 Å². The molecule has 0 radical (unpaired) electrons. The number of nitrogens with two attached hydrogens (primary N) is 1. The average molecular weight is 227 g/mol. The fourth-order valence-electron chi connectivity index (χ4n) is 1.63. The number of rotatable bonds is 1. The van der Waals surface area contributed by atoms with Crippen LogP contribution in [0.5, 0.6) is 0 Å². The third-order valence-corrected chi connectivity index (χ3v) is 4.17. The maximum atomic E-state index is 11.4. The van der Waals surface area contributed by atoms with Gasteiger partial charge < -0.3 is 5.73 Å². The molecule has 1 aliphatic rings. The van der Waals surface area contributed by atoms with Gasteiger partial charge in [-0.1, -0.05) is 0 Å². The van der Waals surface area contributed by atoms with E-state index in [1.165, 1.54) is 0 Å². The first-order valence-corrected chi connectivity index (χ1v) is 6.67. The second kappa shape index (κ2) is 3.86. The van der Waals surface area contributed by atoms with E-state index in [4.69, 9.17) is 5.73 Å². The van der Waals surface area contributed by atoms with E-state index in [1.54, 1.807) is 6.20 Å². The van der Waals surface area contributed by atoms with E-state index >= 15 is 0 Å². The van der Waals surface area contributed by atoms with Crippen molar-refractivity contribution in [2.75, 3.05) is 11.5 Å². The highest BCUT2D eigenvalue weighted by molar-refractivity contribution is 7.91. The summed E-state index contributed by atoms with van der Waals surface area (Å²) in [5, 5.41) is 0. The first-order chi connectivity index (χ1) is 7.11. The number of nitrogens with zero attached hydrogens (tertiary/aromatic N) is 2. The highest BCUT2D eigenvalue weighted by Crippen LogP contribution is 2.14. The summed E-state index contributed by atoms with van der Waals surface area (Å²) in [5.74, 6) is 0.958. The van der Waals surface area contributed by atoms with E-state index in [1.807, 2.05) is 0 Å². The molecule has 1 aliphatic heterocycles. The molecule has 2 heterocycles. The van der Waals surface area contributed by atoms with Crippen LogP contribution in [-0.2, 0) is 29.2 Å². The van der Waals surface area contributed by atoms with Gasteiger partial charge >= 0.3 is 0 Å². The van der Waals surface area contributed by atoms with Gasteiger partial charge in [-0.15, -0.1) is 0 Å². The third-order valence-electron chi connectivity index (χ3n) is 2.52. The monoisotopic (exact) mass is 227 g/mol. The Kier molecular flexibility index (Phi) is 2.70. The minimum absolute atomic E-state index is 0.182. The van der Waals surface area contributed by atoms with E-state index in [-0.39, 0.29) is 11.5 Å². The zero-order valence-corrected chi connectivity index (χ0v) is 9.13. The Balaban J connectivity index is 2.35. The number of aromatic nitrogens is 2. The number of aryl methyl sites for hydroxylation is 2. The molecule has 0 spiro atoms. The Morgan fingerprint density at radius 3 is 2.80 bits per heavy atom. The molecule has 0 fully saturated rings. The molecule has 0 aromatic carbocycles. The Morgan fingerprint density at radius 1 is 1.33 bits per heavy atom. The smallest absolute Gasteiger partial charge is 0.151 e. The second-order valence-corrected chi connectivity index (χ2v) is 5.92. The normalized spacial score (nSPS) is 19.3. The van der Waals surface area contributed by atoms with Crippen molar-refractivity contribution < 1.29 is 8.42 Å². The van der Waals surface area contributed by atoms with Crippen LogP contribution in [0.25, 0.3) is 0 Å². The number of fused-ring (bicyclic) bond motifs is 1. The molecule has 0 bridgehead atoms. The van der Waals surface area contributed by atoms with E-state index in [0.717, 1.165) is 11.3 Å². The topological polar surface area (TPSA) is 85.9 Å². The predicted molar refractivity (Wildman–Crippen MR) is 56.0 cm³/mol. The van der Waals surface area contributed by atoms with E-state index in [2.05, 4.69) is 9.97 Å². The van der Waals surface area contributed by atoms with Crippen LogP contribution in [0.3, 0.4) is 0 Å². The van der Waals surface area contributed by atoms with Gasteiger partial charge in [-0.25, -0.2) is 18.4 Å². The molecule has 0 saturated carbocycles. The molecule has 82 valence electrons. The van der Waals surface area contributed by atoms with Gasteiger partial charge in [-0.3, -0.25) is 0 Å². The van der Waals surface area contributed by atoms with Gasteiger partial charge in [0.05, 0.1) is 18.1 Å². The standard InChI is InChI=1S/C9H13N3O2S/c10-5-9-11-6-7-1-3-15(13,14)4-2-8(7)12-9/h6H,1-5,10H2. The summed E-state index contributed by atoms with van der Waals surface area (Å²) in [6.07, 6.45) is 2.70. The van der Waals surface area contributed by atoms with Crippen LogP contribution < -0.4 is 5.73 Å². The first kappa shape index (κ1) is 10.5. The van der Waals surface area contributed by atoms with Gasteiger partial charge in [0, 0.05) is 18.3 Å². The van der Waals surface area contributed by atoms with Gasteiger partial charge in [0.15, 0.2) is 9.84 Å². The summed E-state index contributed by atoms with van der Waals surface area (Å²) in [4.78, 5) is 8.33. The van der Waals surface area contributed by atoms with Crippen LogP contribution in [0.1, 0.15) is 17.1 Å². The Labute approximate surface area is 88.7 Å². The van der Waals surface area contributed by atoms with Crippen molar-refractivity contribution in [1.82, 2.24) is 9.97 Å². The minimum atomic E-state index is -2.91. The molecule has 5 nitrogen and oxygen atoms in total. The van der Waals surface area contributed by atoms with Crippen LogP contribution in [0.4, 0.5) is 0 Å². The summed E-state index contributed by atoms with van der Waals surface area (Å²) in [5.41, 5.74) is 7.21. The molecule has 0 unspecified atom stereocenters. The first-order valence-electron chi connectivity index (χ1n) is 4.85. The van der Waals surface area contributed by atoms with E-state index < -0.39 is 9.84 Å². The molecule has 6 heteroatoms. The highest BCUT2D eigenvalue weighted by Gasteiger charge is 2.19. The Hall–Kier alpha value is -1.01. The van der Waals surface area contributed by atoms with Crippen molar-refractivity contribution in [2.45, 2.75) is 19.4 Å². The Morgan fingerprint density at radius 2 is 2.07 bits per heavy atom. The molecule has 0 amide bonds. The van der Waals surface area contributed by atoms with Crippen molar-refractivity contribution in [1.29, 1.82) is 0 Å². The summed E-state index contributed by atoms with van der Waals surface area (Å²) in [6.45, 7) is 0.292. The fourth-order valence-corrected chi connectivity index (χ4v) is 2.87. The van der Waals surface area contributed by atoms with Crippen molar-refractivity contribution in [3.8, 4) is 0 Å². The SMILES string of the molecule is NCc1ncc2c(n1)CCS(=O)(=O)CC2. The van der Waals surface area contributed by atoms with Crippen molar-refractivity contribution in [3.05, 3.63) is 23.3 Å². The van der Waals surface area contributed by atoms with Gasteiger partial charge in [0.25, 0.3) is 0 Å². The van der Waals surface area contributed by atoms with Gasteiger partial charge in [0.1, 0.15) is 5.82 Å². The maximum Gasteiger partial charge on any atom is 0.151 e. The molecule has 0 atom stereocenters. The van der Waals surface area contributed by atoms with Crippen LogP contribution in [0, 0.1) is 0 Å². The lowest BCUT2D eigenvalue weighted by atomic mass is 10.1. The zero-order chi connectivity index (χ0) is 10.9. The Bertz CT molecular complexity index is 470. The molecule has 1 aromatic heterocycles. The summed E-state index contributed by atoms with van der Waals surface area (Å²) >= 11 is 0. The minimum Gasteiger partial charge on any atom is -0.324 e. The molecule has 2 rings (SSSR count). The second-order valence-electron chi connectivity index (χ2n) is 3.61. The lowest BCUT2D eigenvalue weighted by molar-refractivity contribution is 0.596. The van der Waals surface area contributed by atoms with Crippen LogP contribution in [0.15, 0.2) is 6.20 Å². The quantitative estimate of drug-likeness (QED) is 0.695. The van der Waals surface area contributed by atoms with Crippen molar-refractivity contribution in [2.24, 2.45) is 5.73 Å². The molecule has 1 aromatic rings. The number of hydrogen-bond donors (Lipinski definition) is 1. The average Bonchev–Trinajstić information content (AvgIpc) is 2.38. The number of sulfone groups is 1. The molecule has 2 N–H and O–H groups in total. The highest BCUT2D eigenvalue weighted by atomic mass is 32.2. The zero-order valence-electron chi connectivity index (χ0n) is 8.31. The maximum absolute atomic E-state index is 11.4. The summed E-state index contributed by atoms with van der Waals surface area (Å²) in [6, 6.07) is 0. The molecular weight excluding hydrogens is 214 g/mol. The lowest BCUT2D eigenvalue weighted by Crippen LogP contribution is -2.10. The molecular formula is C9H13N3O2S. The molecule has 0 aliphatic carbocycles. The van der Waals surface area contributed by atoms with Crippen LogP contribution in [-0.4, -0.2) is 29.9 Å². The largest absolute Gasteiger partial charge is 0.324 e. The number of hydrogen-bond acceptors (Lipinski definition) is 5. The predicted octanol–water partition coefficient (Wildman–Crippen LogP) is -0.551. The summed E-state index contributed by atoms with van der Waals surface area (Å²) in [7, 11) is -2.91. The molecule has 15 heavy (non-hydrogen) atoms. The van der Waals surface area contributed by atoms with E-state index in [0.29, 0.717) is 25.2 Å². The summed E-state index contributed by atoms with van der Waals surface area (Å²) < 4.78 is 22.8. The lowest BCUT2D eigenvalue weighted by Gasteiger charge is -2.04. The van der Waals surface area contributed by atoms with Crippen LogP contribution >= 0.6 is 0 Å². The van der Waals surface area contributed by atoms with Gasteiger partial charge in [0.2, 0.25) is 0 Å². The molecule has 0 saturated heterocycles. The van der Waals surface area contributed by atoms with E-state index in [9.17, 15) is 8.42 Å². The van der Waals surface area contributed by atoms with Crippen molar-refractivity contribution in [3.63, 3.8) is 0 Å². The third kappa shape index (κ3) is 2.32. The van der Waals surface area contributed by atoms with Gasteiger partial charge in [-0.2, -0.15) is 0 Å². The fraction of sp³-hybridized carbons (Fsp3) is 0.556. The van der Waals surface area contributed by atoms with Crippen LogP contribution in [0.2, 0.25) is 0 Å².